The van der Waals surface area contributed by atoms with Crippen molar-refractivity contribution in [3.8, 4) is 11.5 Å². The molecule has 0 bridgehead atoms. The molecule has 1 N–H and O–H groups in total. The third kappa shape index (κ3) is 6.22. The van der Waals surface area contributed by atoms with Crippen molar-refractivity contribution in [1.29, 1.82) is 0 Å². The molecule has 5 heteroatoms. The Labute approximate surface area is 140 Å². The summed E-state index contributed by atoms with van der Waals surface area (Å²) in [5.41, 5.74) is 1.03. The highest BCUT2D eigenvalue weighted by atomic mass is 16.5. The summed E-state index contributed by atoms with van der Waals surface area (Å²) in [5, 5.41) is 3.32. The van der Waals surface area contributed by atoms with E-state index < -0.39 is 0 Å². The zero-order valence-corrected chi connectivity index (χ0v) is 14.8. The van der Waals surface area contributed by atoms with Crippen LogP contribution >= 0.6 is 0 Å². The fourth-order valence-corrected chi connectivity index (χ4v) is 2.19. The summed E-state index contributed by atoms with van der Waals surface area (Å²) in [6, 6.07) is 5.79. The molecule has 0 amide bonds. The Kier molecular flexibility index (Phi) is 8.65. The van der Waals surface area contributed by atoms with Crippen LogP contribution < -0.4 is 14.8 Å². The molecule has 0 aliphatic heterocycles. The van der Waals surface area contributed by atoms with E-state index in [-0.39, 0.29) is 0 Å². The molecule has 0 spiro atoms. The summed E-state index contributed by atoms with van der Waals surface area (Å²) >= 11 is 0. The van der Waals surface area contributed by atoms with Crippen LogP contribution in [0.4, 0.5) is 0 Å². The van der Waals surface area contributed by atoms with Gasteiger partial charge in [-0.3, -0.25) is 0 Å². The van der Waals surface area contributed by atoms with E-state index in [2.05, 4.69) is 30.8 Å². The largest absolute Gasteiger partial charge is 0.497 e. The molecule has 0 aliphatic rings. The SMILES string of the molecule is C=CCCCN(C)C(=NCc1ccc(OC)cc1OC)NCC. The number of ether oxygens (including phenoxy) is 2. The first-order valence-electron chi connectivity index (χ1n) is 7.97. The van der Waals surface area contributed by atoms with E-state index in [1.807, 2.05) is 24.3 Å². The Morgan fingerprint density at radius 2 is 2.13 bits per heavy atom. The second-order valence-electron chi connectivity index (χ2n) is 5.20. The van der Waals surface area contributed by atoms with Gasteiger partial charge in [-0.25, -0.2) is 4.99 Å². The van der Waals surface area contributed by atoms with Gasteiger partial charge in [0, 0.05) is 31.8 Å². The third-order valence-corrected chi connectivity index (χ3v) is 3.49. The smallest absolute Gasteiger partial charge is 0.193 e. The van der Waals surface area contributed by atoms with Crippen molar-refractivity contribution >= 4 is 5.96 Å². The molecule has 0 atom stereocenters. The Balaban J connectivity index is 2.81. The van der Waals surface area contributed by atoms with E-state index >= 15 is 0 Å². The molecule has 0 saturated carbocycles. The number of methoxy groups -OCH3 is 2. The molecule has 128 valence electrons. The van der Waals surface area contributed by atoms with Crippen LogP contribution in [0.2, 0.25) is 0 Å². The molecule has 0 radical (unpaired) electrons. The van der Waals surface area contributed by atoms with Crippen molar-refractivity contribution in [2.75, 3.05) is 34.4 Å². The molecule has 5 nitrogen and oxygen atoms in total. The maximum absolute atomic E-state index is 5.43. The first-order valence-corrected chi connectivity index (χ1v) is 7.97. The second-order valence-corrected chi connectivity index (χ2v) is 5.20. The minimum atomic E-state index is 0.557. The molecule has 1 aromatic rings. The highest BCUT2D eigenvalue weighted by Gasteiger charge is 2.08. The van der Waals surface area contributed by atoms with Crippen LogP contribution in [-0.2, 0) is 6.54 Å². The number of allylic oxidation sites excluding steroid dienone is 1. The minimum absolute atomic E-state index is 0.557. The van der Waals surface area contributed by atoms with Gasteiger partial charge in [0.1, 0.15) is 11.5 Å². The zero-order valence-electron chi connectivity index (χ0n) is 14.8. The van der Waals surface area contributed by atoms with Gasteiger partial charge in [0.05, 0.1) is 20.8 Å². The standard InChI is InChI=1S/C18H29N3O2/c1-6-8-9-12-21(3)18(19-7-2)20-14-15-10-11-16(22-4)13-17(15)23-5/h6,10-11,13H,1,7-9,12,14H2,2-5H3,(H,19,20). The Morgan fingerprint density at radius 1 is 1.35 bits per heavy atom. The van der Waals surface area contributed by atoms with E-state index in [4.69, 9.17) is 14.5 Å². The quantitative estimate of drug-likeness (QED) is 0.329. The lowest BCUT2D eigenvalue weighted by Crippen LogP contribution is -2.39. The molecule has 0 saturated heterocycles. The highest BCUT2D eigenvalue weighted by molar-refractivity contribution is 5.79. The number of nitrogens with zero attached hydrogens (tertiary/aromatic N) is 2. The van der Waals surface area contributed by atoms with E-state index in [1.165, 1.54) is 0 Å². The van der Waals surface area contributed by atoms with Crippen molar-refractivity contribution in [1.82, 2.24) is 10.2 Å². The molecular weight excluding hydrogens is 290 g/mol. The summed E-state index contributed by atoms with van der Waals surface area (Å²) in [4.78, 5) is 6.85. The number of rotatable bonds is 9. The average molecular weight is 319 g/mol. The predicted octanol–water partition coefficient (Wildman–Crippen LogP) is 3.07. The van der Waals surface area contributed by atoms with Crippen LogP contribution in [0.25, 0.3) is 0 Å². The molecule has 0 unspecified atom stereocenters. The monoisotopic (exact) mass is 319 g/mol. The first-order chi connectivity index (χ1) is 11.2. The van der Waals surface area contributed by atoms with Crippen LogP contribution in [0.3, 0.4) is 0 Å². The number of hydrogen-bond acceptors (Lipinski definition) is 3. The van der Waals surface area contributed by atoms with Crippen LogP contribution in [0.1, 0.15) is 25.3 Å². The summed E-state index contributed by atoms with van der Waals surface area (Å²) in [6.07, 6.45) is 4.02. The molecule has 0 aliphatic carbocycles. The van der Waals surface area contributed by atoms with Crippen LogP contribution in [0, 0.1) is 0 Å². The Hall–Kier alpha value is -2.17. The summed E-state index contributed by atoms with van der Waals surface area (Å²) in [7, 11) is 5.36. The zero-order chi connectivity index (χ0) is 17.1. The minimum Gasteiger partial charge on any atom is -0.497 e. The van der Waals surface area contributed by atoms with Crippen LogP contribution in [-0.4, -0.2) is 45.2 Å². The van der Waals surface area contributed by atoms with Gasteiger partial charge in [0.25, 0.3) is 0 Å². The lowest BCUT2D eigenvalue weighted by atomic mass is 10.2. The summed E-state index contributed by atoms with van der Waals surface area (Å²) in [5.74, 6) is 2.47. The van der Waals surface area contributed by atoms with Crippen LogP contribution in [0.5, 0.6) is 11.5 Å². The molecule has 0 heterocycles. The normalized spacial score (nSPS) is 11.0. The second kappa shape index (κ2) is 10.5. The highest BCUT2D eigenvalue weighted by Crippen LogP contribution is 2.25. The maximum atomic E-state index is 5.43. The number of hydrogen-bond donors (Lipinski definition) is 1. The van der Waals surface area contributed by atoms with Crippen molar-refractivity contribution in [3.63, 3.8) is 0 Å². The maximum Gasteiger partial charge on any atom is 0.193 e. The fourth-order valence-electron chi connectivity index (χ4n) is 2.19. The lowest BCUT2D eigenvalue weighted by molar-refractivity contribution is 0.391. The molecule has 0 fully saturated rings. The van der Waals surface area contributed by atoms with Crippen molar-refractivity contribution < 1.29 is 9.47 Å². The Bertz CT molecular complexity index is 515. The van der Waals surface area contributed by atoms with Gasteiger partial charge < -0.3 is 19.7 Å². The van der Waals surface area contributed by atoms with Gasteiger partial charge >= 0.3 is 0 Å². The van der Waals surface area contributed by atoms with Gasteiger partial charge in [-0.1, -0.05) is 6.08 Å². The molecule has 1 aromatic carbocycles. The van der Waals surface area contributed by atoms with E-state index in [0.29, 0.717) is 6.54 Å². The fraction of sp³-hybridized carbons (Fsp3) is 0.500. The van der Waals surface area contributed by atoms with Crippen molar-refractivity contribution in [2.45, 2.75) is 26.3 Å². The molecule has 23 heavy (non-hydrogen) atoms. The molecule has 1 rings (SSSR count). The van der Waals surface area contributed by atoms with Crippen molar-refractivity contribution in [2.24, 2.45) is 4.99 Å². The predicted molar refractivity (Wildman–Crippen MR) is 96.4 cm³/mol. The number of guanidine groups is 1. The summed E-state index contributed by atoms with van der Waals surface area (Å²) in [6.45, 7) is 8.17. The van der Waals surface area contributed by atoms with Gasteiger partial charge in [-0.05, 0) is 31.9 Å². The molecular formula is C18H29N3O2. The average Bonchev–Trinajstić information content (AvgIpc) is 2.58. The van der Waals surface area contributed by atoms with E-state index in [1.54, 1.807) is 14.2 Å². The van der Waals surface area contributed by atoms with Gasteiger partial charge in [-0.2, -0.15) is 0 Å². The van der Waals surface area contributed by atoms with Gasteiger partial charge in [-0.15, -0.1) is 6.58 Å². The number of benzene rings is 1. The topological polar surface area (TPSA) is 46.1 Å². The Morgan fingerprint density at radius 3 is 2.74 bits per heavy atom. The van der Waals surface area contributed by atoms with Gasteiger partial charge in [0.2, 0.25) is 0 Å². The first kappa shape index (κ1) is 18.9. The van der Waals surface area contributed by atoms with E-state index in [9.17, 15) is 0 Å². The van der Waals surface area contributed by atoms with E-state index in [0.717, 1.165) is 49.0 Å². The van der Waals surface area contributed by atoms with Crippen LogP contribution in [0.15, 0.2) is 35.8 Å². The number of nitrogens with one attached hydrogen (secondary N) is 1. The third-order valence-electron chi connectivity index (χ3n) is 3.49. The lowest BCUT2D eigenvalue weighted by Gasteiger charge is -2.22. The van der Waals surface area contributed by atoms with Crippen molar-refractivity contribution in [3.05, 3.63) is 36.4 Å². The number of unbranched alkanes of at least 4 members (excludes halogenated alkanes) is 1. The van der Waals surface area contributed by atoms with Gasteiger partial charge in [0.15, 0.2) is 5.96 Å². The summed E-state index contributed by atoms with van der Waals surface area (Å²) < 4.78 is 10.7. The molecule has 0 aromatic heterocycles. The number of aliphatic imine (C=N–C) groups is 1.